The number of Topliss-reactive ketones (excluding diaryl/α,β-unsaturated/α-hetero) is 2. The number of ketones is 2. The van der Waals surface area contributed by atoms with Gasteiger partial charge in [-0.1, -0.05) is 121 Å². The fraction of sp³-hybridized carbons (Fsp3) is 0.244. The summed E-state index contributed by atoms with van der Waals surface area (Å²) in [6.07, 6.45) is 0.526. The normalized spacial score (nSPS) is 25.0. The lowest BCUT2D eigenvalue weighted by molar-refractivity contribution is -0.178. The van der Waals surface area contributed by atoms with Crippen LogP contribution >= 0.6 is 11.3 Å². The highest BCUT2D eigenvalue weighted by Gasteiger charge is 2.73. The number of rotatable bonds is 9. The van der Waals surface area contributed by atoms with Crippen molar-refractivity contribution >= 4 is 39.1 Å². The number of hydrogen-bond acceptors (Lipinski definition) is 8. The maximum absolute atomic E-state index is 15.4. The number of thiazole rings is 1. The molecule has 264 valence electrons. The van der Waals surface area contributed by atoms with E-state index in [1.165, 1.54) is 11.3 Å². The zero-order chi connectivity index (χ0) is 36.1. The Morgan fingerprint density at radius 2 is 1.49 bits per heavy atom. The lowest BCUT2D eigenvalue weighted by Gasteiger charge is -2.46. The summed E-state index contributed by atoms with van der Waals surface area (Å²) in [7, 11) is 0. The van der Waals surface area contributed by atoms with Gasteiger partial charge < -0.3 is 9.84 Å². The number of benzene rings is 5. The van der Waals surface area contributed by atoms with Crippen LogP contribution in [0.25, 0.3) is 10.2 Å². The summed E-state index contributed by atoms with van der Waals surface area (Å²) >= 11 is 1.47. The molecule has 6 aromatic rings. The van der Waals surface area contributed by atoms with Crippen LogP contribution in [0.3, 0.4) is 0 Å². The molecule has 0 bridgehead atoms. The van der Waals surface area contributed by atoms with Crippen molar-refractivity contribution in [3.63, 3.8) is 0 Å². The third-order valence-electron chi connectivity index (χ3n) is 11.5. The second-order valence-electron chi connectivity index (χ2n) is 14.3. The minimum atomic E-state index is -1.40. The largest absolute Gasteiger partial charge is 0.454 e. The number of nitrogens with zero attached hydrogens (tertiary/aromatic N) is 2. The van der Waals surface area contributed by atoms with Gasteiger partial charge >= 0.3 is 5.97 Å². The number of aromatic nitrogens is 1. The second kappa shape index (κ2) is 13.6. The average molecular weight is 719 g/mol. The van der Waals surface area contributed by atoms with E-state index >= 15 is 9.59 Å². The zero-order valence-corrected chi connectivity index (χ0v) is 29.8. The van der Waals surface area contributed by atoms with Gasteiger partial charge in [-0.25, -0.2) is 4.98 Å². The Balaban J connectivity index is 1.33. The van der Waals surface area contributed by atoms with Gasteiger partial charge in [0.15, 0.2) is 5.78 Å². The van der Waals surface area contributed by atoms with Crippen molar-refractivity contribution in [3.05, 3.63) is 172 Å². The number of aliphatic hydroxyl groups is 1. The van der Waals surface area contributed by atoms with Gasteiger partial charge in [-0.15, -0.1) is 11.3 Å². The molecule has 6 atom stereocenters. The van der Waals surface area contributed by atoms with Crippen molar-refractivity contribution < 1.29 is 24.2 Å². The van der Waals surface area contributed by atoms with Gasteiger partial charge in [-0.3, -0.25) is 19.3 Å². The van der Waals surface area contributed by atoms with Crippen molar-refractivity contribution in [3.8, 4) is 0 Å². The van der Waals surface area contributed by atoms with E-state index in [9.17, 15) is 9.90 Å². The van der Waals surface area contributed by atoms with Crippen molar-refractivity contribution in [2.45, 2.75) is 55.3 Å². The van der Waals surface area contributed by atoms with Crippen LogP contribution in [0.15, 0.2) is 133 Å². The number of morpholine rings is 1. The second-order valence-corrected chi connectivity index (χ2v) is 15.4. The van der Waals surface area contributed by atoms with E-state index in [-0.39, 0.29) is 31.0 Å². The monoisotopic (exact) mass is 718 g/mol. The summed E-state index contributed by atoms with van der Waals surface area (Å²) in [5, 5.41) is 10.6. The third-order valence-corrected chi connectivity index (χ3v) is 12.5. The molecular formula is C45H38N2O5S. The molecule has 1 aromatic heterocycles. The summed E-state index contributed by atoms with van der Waals surface area (Å²) < 4.78 is 7.52. The molecule has 0 amide bonds. The van der Waals surface area contributed by atoms with Crippen molar-refractivity contribution in [1.82, 2.24) is 9.88 Å². The number of hydrogen-bond donors (Lipinski definition) is 1. The molecule has 0 saturated carbocycles. The molecule has 8 heteroatoms. The van der Waals surface area contributed by atoms with E-state index in [2.05, 4.69) is 4.90 Å². The summed E-state index contributed by atoms with van der Waals surface area (Å²) in [6, 6.07) is 41.1. The van der Waals surface area contributed by atoms with Crippen LogP contribution in [0.5, 0.6) is 0 Å². The number of carbonyl (C=O) groups is 3. The Morgan fingerprint density at radius 3 is 2.26 bits per heavy atom. The lowest BCUT2D eigenvalue weighted by Crippen LogP contribution is -2.52. The minimum Gasteiger partial charge on any atom is -0.454 e. The summed E-state index contributed by atoms with van der Waals surface area (Å²) in [4.78, 5) is 52.7. The molecule has 2 fully saturated rings. The van der Waals surface area contributed by atoms with E-state index in [1.807, 2.05) is 133 Å². The Labute approximate surface area is 311 Å². The number of para-hydroxylation sites is 1. The topological polar surface area (TPSA) is 96.8 Å². The molecule has 5 aromatic carbocycles. The summed E-state index contributed by atoms with van der Waals surface area (Å²) in [5.41, 5.74) is 4.69. The Morgan fingerprint density at radius 1 is 0.811 bits per heavy atom. The molecule has 2 saturated heterocycles. The fourth-order valence-corrected chi connectivity index (χ4v) is 10.4. The van der Waals surface area contributed by atoms with Crippen LogP contribution in [0, 0.1) is 5.92 Å². The van der Waals surface area contributed by atoms with Crippen LogP contribution in [0.4, 0.5) is 0 Å². The van der Waals surface area contributed by atoms with E-state index in [1.54, 1.807) is 0 Å². The van der Waals surface area contributed by atoms with Crippen molar-refractivity contribution in [1.29, 1.82) is 0 Å². The Hall–Kier alpha value is -5.28. The Bertz CT molecular complexity index is 2310. The zero-order valence-electron chi connectivity index (χ0n) is 29.0. The standard InChI is InChI=1S/C45H38N2O5S/c48-25-13-20-28-14-7-9-21-32(28)43-45(33-22-10-8-19-31(33)26-37(45)50)39(35(49)27-38-46-34-23-11-12-24-36(34)53-38)41-44(51)52-42(30-17-5-2-6-18-30)40(47(41)43)29-15-3-1-4-16-29/h1-12,14-19,21-24,39-43,48H,13,20,25-27H2/t39-,40+,41+,42-,43-,45+/m0/s1. The highest BCUT2D eigenvalue weighted by molar-refractivity contribution is 7.18. The van der Waals surface area contributed by atoms with Gasteiger partial charge in [0, 0.05) is 13.0 Å². The van der Waals surface area contributed by atoms with Crippen LogP contribution in [-0.4, -0.2) is 45.2 Å². The molecule has 3 aliphatic rings. The predicted molar refractivity (Wildman–Crippen MR) is 203 cm³/mol. The van der Waals surface area contributed by atoms with Crippen molar-refractivity contribution in [2.75, 3.05) is 6.61 Å². The quantitative estimate of drug-likeness (QED) is 0.155. The number of fused-ring (bicyclic) bond motifs is 4. The number of ether oxygens (including phenoxy) is 1. The maximum Gasteiger partial charge on any atom is 0.324 e. The summed E-state index contributed by atoms with van der Waals surface area (Å²) in [6.45, 7) is 0.0105. The van der Waals surface area contributed by atoms with Gasteiger partial charge in [0.25, 0.3) is 0 Å². The van der Waals surface area contributed by atoms with Crippen LogP contribution in [0.2, 0.25) is 0 Å². The minimum absolute atomic E-state index is 0.0105. The molecule has 2 aliphatic heterocycles. The first-order valence-electron chi connectivity index (χ1n) is 18.3. The molecule has 9 rings (SSSR count). The molecule has 7 nitrogen and oxygen atoms in total. The van der Waals surface area contributed by atoms with Crippen LogP contribution in [-0.2, 0) is 43.8 Å². The van der Waals surface area contributed by atoms with E-state index in [4.69, 9.17) is 9.72 Å². The predicted octanol–water partition coefficient (Wildman–Crippen LogP) is 7.48. The van der Waals surface area contributed by atoms with Gasteiger partial charge in [0.05, 0.1) is 40.1 Å². The average Bonchev–Trinajstić information content (AvgIpc) is 3.84. The van der Waals surface area contributed by atoms with Gasteiger partial charge in [0.2, 0.25) is 0 Å². The number of cyclic esters (lactones) is 1. The van der Waals surface area contributed by atoms with E-state index in [0.717, 1.165) is 43.6 Å². The van der Waals surface area contributed by atoms with Crippen LogP contribution < -0.4 is 0 Å². The third kappa shape index (κ3) is 5.39. The maximum atomic E-state index is 15.4. The first-order valence-corrected chi connectivity index (χ1v) is 19.1. The molecule has 1 spiro atoms. The van der Waals surface area contributed by atoms with Crippen LogP contribution in [0.1, 0.15) is 63.0 Å². The lowest BCUT2D eigenvalue weighted by atomic mass is 9.63. The number of esters is 1. The molecule has 53 heavy (non-hydrogen) atoms. The SMILES string of the molecule is O=C1O[C@@H](c2ccccc2)[C@@H](c2ccccc2)N2[C@@H](c3ccccc3CCCO)[C@]3(C(=O)Cc4ccccc43)[C@@H](C(=O)Cc3nc4ccccc4s3)[C@H]12. The smallest absolute Gasteiger partial charge is 0.324 e. The molecular weight excluding hydrogens is 681 g/mol. The van der Waals surface area contributed by atoms with Gasteiger partial charge in [-0.2, -0.15) is 0 Å². The highest BCUT2D eigenvalue weighted by Crippen LogP contribution is 2.65. The summed E-state index contributed by atoms with van der Waals surface area (Å²) in [5.74, 6) is -1.85. The highest BCUT2D eigenvalue weighted by atomic mass is 32.1. The molecule has 0 radical (unpaired) electrons. The van der Waals surface area contributed by atoms with Gasteiger partial charge in [0.1, 0.15) is 22.9 Å². The number of aliphatic hydroxyl groups excluding tert-OH is 1. The molecule has 3 heterocycles. The van der Waals surface area contributed by atoms with Gasteiger partial charge in [-0.05, 0) is 58.4 Å². The molecule has 1 aliphatic carbocycles. The van der Waals surface area contributed by atoms with E-state index < -0.39 is 41.5 Å². The number of carbonyl (C=O) groups excluding carboxylic acids is 3. The first-order chi connectivity index (χ1) is 26.0. The van der Waals surface area contributed by atoms with Crippen molar-refractivity contribution in [2.24, 2.45) is 5.92 Å². The molecule has 1 N–H and O–H groups in total. The Kier molecular flexibility index (Phi) is 8.61. The fourth-order valence-electron chi connectivity index (χ4n) is 9.46. The molecule has 0 unspecified atom stereocenters. The van der Waals surface area contributed by atoms with E-state index in [0.29, 0.717) is 17.8 Å². The number of aryl methyl sites for hydroxylation is 1. The first kappa shape index (κ1) is 33.5.